The van der Waals surface area contributed by atoms with Crippen LogP contribution in [0.3, 0.4) is 0 Å². The monoisotopic (exact) mass is 243 g/mol. The molecule has 0 aliphatic carbocycles. The molecule has 0 aliphatic rings. The Balaban J connectivity index is 2.37. The molecule has 18 heavy (non-hydrogen) atoms. The molecule has 0 aromatic heterocycles. The van der Waals surface area contributed by atoms with Crippen molar-refractivity contribution in [2.75, 3.05) is 12.8 Å². The average Bonchev–Trinajstić information content (AvgIpc) is 2.36. The molecular formula is C15H17NO2. The first-order chi connectivity index (χ1) is 8.61. The van der Waals surface area contributed by atoms with Gasteiger partial charge in [0.2, 0.25) is 0 Å². The van der Waals surface area contributed by atoms with Crippen molar-refractivity contribution in [1.82, 2.24) is 0 Å². The summed E-state index contributed by atoms with van der Waals surface area (Å²) in [6.45, 7) is 4.03. The Bertz CT molecular complexity index is 564. The van der Waals surface area contributed by atoms with E-state index in [1.807, 2.05) is 44.2 Å². The van der Waals surface area contributed by atoms with Crippen molar-refractivity contribution >= 4 is 5.69 Å². The highest BCUT2D eigenvalue weighted by Gasteiger charge is 2.08. The lowest BCUT2D eigenvalue weighted by molar-refractivity contribution is 0.412. The van der Waals surface area contributed by atoms with Gasteiger partial charge in [0.25, 0.3) is 0 Å². The summed E-state index contributed by atoms with van der Waals surface area (Å²) < 4.78 is 11.0. The zero-order chi connectivity index (χ0) is 13.1. The van der Waals surface area contributed by atoms with E-state index in [1.165, 1.54) is 0 Å². The van der Waals surface area contributed by atoms with Crippen LogP contribution >= 0.6 is 0 Å². The summed E-state index contributed by atoms with van der Waals surface area (Å²) in [4.78, 5) is 0. The first-order valence-electron chi connectivity index (χ1n) is 5.79. The van der Waals surface area contributed by atoms with Crippen molar-refractivity contribution < 1.29 is 9.47 Å². The smallest absolute Gasteiger partial charge is 0.154 e. The van der Waals surface area contributed by atoms with E-state index in [-0.39, 0.29) is 0 Å². The fourth-order valence-electron chi connectivity index (χ4n) is 1.73. The van der Waals surface area contributed by atoms with Crippen LogP contribution in [-0.4, -0.2) is 7.11 Å². The molecule has 3 nitrogen and oxygen atoms in total. The third-order valence-electron chi connectivity index (χ3n) is 2.81. The van der Waals surface area contributed by atoms with Gasteiger partial charge in [0.1, 0.15) is 17.2 Å². The molecule has 0 heterocycles. The standard InChI is InChI=1S/C15H17NO2/c1-10-7-8-11(2)14(9-10)18-13-6-4-5-12(17-3)15(13)16/h4-9H,16H2,1-3H3. The van der Waals surface area contributed by atoms with Crippen LogP contribution in [0.5, 0.6) is 17.2 Å². The number of ether oxygens (including phenoxy) is 2. The number of anilines is 1. The number of aryl methyl sites for hydroxylation is 2. The van der Waals surface area contributed by atoms with Crippen LogP contribution in [0, 0.1) is 13.8 Å². The van der Waals surface area contributed by atoms with Gasteiger partial charge in [-0.25, -0.2) is 0 Å². The van der Waals surface area contributed by atoms with Crippen LogP contribution in [-0.2, 0) is 0 Å². The molecule has 0 saturated carbocycles. The molecule has 94 valence electrons. The van der Waals surface area contributed by atoms with Crippen LogP contribution in [0.2, 0.25) is 0 Å². The Hall–Kier alpha value is -2.16. The lowest BCUT2D eigenvalue weighted by atomic mass is 10.1. The van der Waals surface area contributed by atoms with Crippen molar-refractivity contribution in [3.63, 3.8) is 0 Å². The molecule has 0 saturated heterocycles. The van der Waals surface area contributed by atoms with Crippen LogP contribution in [0.4, 0.5) is 5.69 Å². The van der Waals surface area contributed by atoms with Gasteiger partial charge in [-0.15, -0.1) is 0 Å². The van der Waals surface area contributed by atoms with E-state index in [0.717, 1.165) is 16.9 Å². The molecule has 0 fully saturated rings. The molecule has 0 amide bonds. The number of para-hydroxylation sites is 1. The predicted octanol–water partition coefficient (Wildman–Crippen LogP) is 3.69. The van der Waals surface area contributed by atoms with Gasteiger partial charge in [-0.1, -0.05) is 18.2 Å². The first kappa shape index (κ1) is 12.3. The third-order valence-corrected chi connectivity index (χ3v) is 2.81. The summed E-state index contributed by atoms with van der Waals surface area (Å²) >= 11 is 0. The highest BCUT2D eigenvalue weighted by atomic mass is 16.5. The van der Waals surface area contributed by atoms with Gasteiger partial charge >= 0.3 is 0 Å². The average molecular weight is 243 g/mol. The largest absolute Gasteiger partial charge is 0.494 e. The topological polar surface area (TPSA) is 44.5 Å². The van der Waals surface area contributed by atoms with Crippen molar-refractivity contribution in [1.29, 1.82) is 0 Å². The number of hydrogen-bond acceptors (Lipinski definition) is 3. The maximum atomic E-state index is 5.98. The van der Waals surface area contributed by atoms with Gasteiger partial charge in [0.15, 0.2) is 5.75 Å². The van der Waals surface area contributed by atoms with E-state index >= 15 is 0 Å². The van der Waals surface area contributed by atoms with Gasteiger partial charge in [0, 0.05) is 0 Å². The van der Waals surface area contributed by atoms with Crippen molar-refractivity contribution in [2.24, 2.45) is 0 Å². The molecule has 2 N–H and O–H groups in total. The minimum absolute atomic E-state index is 0.515. The third kappa shape index (κ3) is 2.40. The first-order valence-corrected chi connectivity index (χ1v) is 5.79. The summed E-state index contributed by atoms with van der Waals surface area (Å²) in [5, 5.41) is 0. The quantitative estimate of drug-likeness (QED) is 0.836. The molecule has 2 aromatic rings. The summed E-state index contributed by atoms with van der Waals surface area (Å²) in [5.74, 6) is 2.05. The predicted molar refractivity (Wildman–Crippen MR) is 73.4 cm³/mol. The fraction of sp³-hybridized carbons (Fsp3) is 0.200. The normalized spacial score (nSPS) is 10.2. The van der Waals surface area contributed by atoms with E-state index in [1.54, 1.807) is 7.11 Å². The number of nitrogens with two attached hydrogens (primary N) is 1. The minimum atomic E-state index is 0.515. The second kappa shape index (κ2) is 5.00. The van der Waals surface area contributed by atoms with Crippen molar-refractivity contribution in [3.8, 4) is 17.2 Å². The van der Waals surface area contributed by atoms with Gasteiger partial charge in [0.05, 0.1) is 7.11 Å². The maximum Gasteiger partial charge on any atom is 0.154 e. The van der Waals surface area contributed by atoms with E-state index in [0.29, 0.717) is 17.2 Å². The summed E-state index contributed by atoms with van der Waals surface area (Å²) in [7, 11) is 1.59. The number of hydrogen-bond donors (Lipinski definition) is 1. The Labute approximate surface area is 107 Å². The van der Waals surface area contributed by atoms with Crippen molar-refractivity contribution in [2.45, 2.75) is 13.8 Å². The van der Waals surface area contributed by atoms with Crippen LogP contribution in [0.1, 0.15) is 11.1 Å². The molecule has 0 bridgehead atoms. The number of methoxy groups -OCH3 is 1. The molecule has 0 unspecified atom stereocenters. The van der Waals surface area contributed by atoms with Gasteiger partial charge in [-0.05, 0) is 43.2 Å². The van der Waals surface area contributed by atoms with E-state index < -0.39 is 0 Å². The van der Waals surface area contributed by atoms with E-state index in [4.69, 9.17) is 15.2 Å². The summed E-state index contributed by atoms with van der Waals surface area (Å²) in [6.07, 6.45) is 0. The highest BCUT2D eigenvalue weighted by molar-refractivity contribution is 5.63. The molecule has 0 aliphatic heterocycles. The molecule has 0 radical (unpaired) electrons. The lowest BCUT2D eigenvalue weighted by Gasteiger charge is -2.13. The van der Waals surface area contributed by atoms with Crippen LogP contribution in [0.15, 0.2) is 36.4 Å². The Morgan fingerprint density at radius 2 is 1.67 bits per heavy atom. The highest BCUT2D eigenvalue weighted by Crippen LogP contribution is 2.35. The SMILES string of the molecule is COc1cccc(Oc2cc(C)ccc2C)c1N. The fourth-order valence-corrected chi connectivity index (χ4v) is 1.73. The summed E-state index contributed by atoms with van der Waals surface area (Å²) in [5.41, 5.74) is 8.72. The summed E-state index contributed by atoms with van der Waals surface area (Å²) in [6, 6.07) is 11.6. The molecule has 2 aromatic carbocycles. The number of benzene rings is 2. The number of rotatable bonds is 3. The zero-order valence-corrected chi connectivity index (χ0v) is 10.9. The Kier molecular flexibility index (Phi) is 3.42. The van der Waals surface area contributed by atoms with Gasteiger partial charge in [-0.2, -0.15) is 0 Å². The molecular weight excluding hydrogens is 226 g/mol. The lowest BCUT2D eigenvalue weighted by Crippen LogP contribution is -1.97. The van der Waals surface area contributed by atoms with Gasteiger partial charge in [-0.3, -0.25) is 0 Å². The van der Waals surface area contributed by atoms with Crippen LogP contribution in [0.25, 0.3) is 0 Å². The molecule has 2 rings (SSSR count). The Morgan fingerprint density at radius 3 is 2.39 bits per heavy atom. The second-order valence-corrected chi connectivity index (χ2v) is 4.24. The Morgan fingerprint density at radius 1 is 0.944 bits per heavy atom. The molecule has 3 heteroatoms. The zero-order valence-electron chi connectivity index (χ0n) is 10.9. The van der Waals surface area contributed by atoms with E-state index in [2.05, 4.69) is 6.07 Å². The van der Waals surface area contributed by atoms with Crippen molar-refractivity contribution in [3.05, 3.63) is 47.5 Å². The van der Waals surface area contributed by atoms with Gasteiger partial charge < -0.3 is 15.2 Å². The molecule has 0 spiro atoms. The van der Waals surface area contributed by atoms with Crippen LogP contribution < -0.4 is 15.2 Å². The second-order valence-electron chi connectivity index (χ2n) is 4.24. The van der Waals surface area contributed by atoms with E-state index in [9.17, 15) is 0 Å². The maximum absolute atomic E-state index is 5.98. The molecule has 0 atom stereocenters. The number of nitrogen functional groups attached to an aromatic ring is 1. The minimum Gasteiger partial charge on any atom is -0.494 e.